The van der Waals surface area contributed by atoms with Crippen LogP contribution in [0.5, 0.6) is 0 Å². The third-order valence-corrected chi connectivity index (χ3v) is 11.9. The topological polar surface area (TPSA) is 154 Å². The Morgan fingerprint density at radius 2 is 1.43 bits per heavy atom. The average molecular weight is 865 g/mol. The molecule has 2 unspecified atom stereocenters. The number of benzene rings is 3. The van der Waals surface area contributed by atoms with Crippen LogP contribution in [0.25, 0.3) is 45.0 Å². The van der Waals surface area contributed by atoms with Gasteiger partial charge in [-0.05, 0) is 85.3 Å². The molecule has 0 aliphatic carbocycles. The highest BCUT2D eigenvalue weighted by molar-refractivity contribution is 7.90. The zero-order chi connectivity index (χ0) is 43.4. The molecule has 0 saturated carbocycles. The van der Waals surface area contributed by atoms with Crippen molar-refractivity contribution in [2.75, 3.05) is 43.0 Å². The lowest BCUT2D eigenvalue weighted by Gasteiger charge is -2.30. The van der Waals surface area contributed by atoms with E-state index in [1.54, 1.807) is 48.1 Å². The van der Waals surface area contributed by atoms with Gasteiger partial charge in [-0.25, -0.2) is 37.1 Å². The zero-order valence-electron chi connectivity index (χ0n) is 33.9. The van der Waals surface area contributed by atoms with Crippen LogP contribution in [0.4, 0.5) is 20.4 Å². The van der Waals surface area contributed by atoms with Crippen molar-refractivity contribution >= 4 is 38.2 Å². The van der Waals surface area contributed by atoms with E-state index in [1.165, 1.54) is 60.5 Å². The molecule has 13 nitrogen and oxygen atoms in total. The van der Waals surface area contributed by atoms with Gasteiger partial charge in [-0.1, -0.05) is 30.3 Å². The molecule has 0 fully saturated rings. The third-order valence-electron chi connectivity index (χ3n) is 10.0. The zero-order valence-corrected chi connectivity index (χ0v) is 35.5. The summed E-state index contributed by atoms with van der Waals surface area (Å²) in [5.74, 6) is -0.661. The molecule has 2 atom stereocenters. The normalized spacial score (nSPS) is 12.6. The number of rotatable bonds is 15. The Morgan fingerprint density at radius 3 is 2.02 bits per heavy atom. The van der Waals surface area contributed by atoms with Crippen molar-refractivity contribution in [1.82, 2.24) is 29.1 Å². The number of pyridine rings is 2. The first-order chi connectivity index (χ1) is 29.2. The van der Waals surface area contributed by atoms with Gasteiger partial charge in [-0.2, -0.15) is 0 Å². The molecule has 17 heteroatoms. The van der Waals surface area contributed by atoms with Crippen LogP contribution in [-0.4, -0.2) is 80.4 Å². The van der Waals surface area contributed by atoms with E-state index < -0.39 is 38.2 Å². The van der Waals surface area contributed by atoms with Crippen LogP contribution >= 0.6 is 0 Å². The second-order valence-corrected chi connectivity index (χ2v) is 17.4. The van der Waals surface area contributed by atoms with E-state index in [0.29, 0.717) is 56.0 Å². The van der Waals surface area contributed by atoms with Crippen LogP contribution < -0.4 is 10.2 Å². The smallest absolute Gasteiger partial charge is 0.245 e. The van der Waals surface area contributed by atoms with E-state index >= 15 is 0 Å². The molecule has 0 saturated heterocycles. The molecule has 4 aromatic heterocycles. The number of carbonyl (C=O) groups excluding carboxylic acids is 1. The van der Waals surface area contributed by atoms with Crippen molar-refractivity contribution in [2.24, 2.45) is 7.05 Å². The largest absolute Gasteiger partial charge is 0.383 e. The first kappa shape index (κ1) is 42.7. The number of amides is 1. The predicted octanol–water partition coefficient (Wildman–Crippen LogP) is 7.35. The summed E-state index contributed by atoms with van der Waals surface area (Å²) in [5, 5.41) is 3.04. The van der Waals surface area contributed by atoms with Crippen molar-refractivity contribution in [2.45, 2.75) is 29.8 Å². The Morgan fingerprint density at radius 1 is 0.836 bits per heavy atom. The van der Waals surface area contributed by atoms with Gasteiger partial charge >= 0.3 is 0 Å². The van der Waals surface area contributed by atoms with Crippen LogP contribution in [0.3, 0.4) is 0 Å². The van der Waals surface area contributed by atoms with Crippen LogP contribution in [-0.2, 0) is 43.8 Å². The Hall–Kier alpha value is -6.43. The summed E-state index contributed by atoms with van der Waals surface area (Å²) < 4.78 is 75.4. The molecular weight excluding hydrogens is 823 g/mol. The van der Waals surface area contributed by atoms with Crippen molar-refractivity contribution in [3.8, 4) is 45.0 Å². The Kier molecular flexibility index (Phi) is 12.6. The first-order valence-corrected chi connectivity index (χ1v) is 22.4. The molecule has 7 rings (SSSR count). The van der Waals surface area contributed by atoms with Crippen LogP contribution in [0.1, 0.15) is 18.5 Å². The average Bonchev–Trinajstić information content (AvgIpc) is 3.81. The second kappa shape index (κ2) is 18.0. The summed E-state index contributed by atoms with van der Waals surface area (Å²) in [4.78, 5) is 34.4. The van der Waals surface area contributed by atoms with E-state index in [4.69, 9.17) is 14.7 Å². The van der Waals surface area contributed by atoms with Gasteiger partial charge in [0.05, 0.1) is 52.8 Å². The number of aromatic nitrogens is 6. The van der Waals surface area contributed by atoms with Crippen LogP contribution in [0.2, 0.25) is 0 Å². The minimum absolute atomic E-state index is 0.132. The fourth-order valence-corrected chi connectivity index (χ4v) is 8.65. The summed E-state index contributed by atoms with van der Waals surface area (Å²) in [5.41, 5.74) is 5.03. The van der Waals surface area contributed by atoms with Gasteiger partial charge in [0.1, 0.15) is 23.3 Å². The molecule has 61 heavy (non-hydrogen) atoms. The lowest BCUT2D eigenvalue weighted by atomic mass is 10.0. The Bertz CT molecular complexity index is 2830. The number of nitrogens with one attached hydrogen (secondary N) is 1. The van der Waals surface area contributed by atoms with Gasteiger partial charge in [0.15, 0.2) is 5.16 Å². The van der Waals surface area contributed by atoms with Crippen molar-refractivity contribution in [3.63, 3.8) is 0 Å². The van der Waals surface area contributed by atoms with E-state index in [9.17, 15) is 26.2 Å². The van der Waals surface area contributed by atoms with Crippen molar-refractivity contribution in [3.05, 3.63) is 133 Å². The minimum atomic E-state index is -3.84. The van der Waals surface area contributed by atoms with Gasteiger partial charge in [-0.15, -0.1) is 0 Å². The molecule has 0 bridgehead atoms. The standard InChI is InChI=1S/C44H42F2N8O5S2/c1-28(29-9-7-6-8-10-29)54(37-26-33(20-22-48-37)41-39(30-11-15-34(45)16-12-30)50-43(52(41)2)60(4)56)27-38(55)49-36-25-32(19-21-47-36)42-40(31-13-17-35(46)18-14-31)51-44(61(5,57)58)53(42)23-24-59-3/h6-22,25-26,28H,23-24,27H2,1-5H3,(H,47,49,55). The SMILES string of the molecule is COCCn1c(S(C)(=O)=O)nc(-c2ccc(F)cc2)c1-c1ccnc(NC(=O)CN(c2cc(-c3c(-c4ccc(F)cc4)nc(S(C)=O)n3C)ccn2)C(C)c2ccccc2)c1. The highest BCUT2D eigenvalue weighted by Crippen LogP contribution is 2.37. The number of sulfone groups is 1. The molecular formula is C44H42F2N8O5S2. The molecule has 3 aromatic carbocycles. The van der Waals surface area contributed by atoms with Gasteiger partial charge < -0.3 is 24.1 Å². The molecule has 1 N–H and O–H groups in total. The number of anilines is 2. The quantitative estimate of drug-likeness (QED) is 0.111. The number of methoxy groups -OCH3 is 1. The maximum Gasteiger partial charge on any atom is 0.245 e. The number of nitrogens with zero attached hydrogens (tertiary/aromatic N) is 7. The summed E-state index contributed by atoms with van der Waals surface area (Å²) in [7, 11) is -2.02. The number of halogens is 2. The van der Waals surface area contributed by atoms with E-state index in [-0.39, 0.29) is 36.7 Å². The van der Waals surface area contributed by atoms with Gasteiger partial charge in [0.25, 0.3) is 0 Å². The number of imidazole rings is 2. The maximum atomic E-state index is 14.1. The maximum absolute atomic E-state index is 14.1. The summed E-state index contributed by atoms with van der Waals surface area (Å²) >= 11 is 0. The predicted molar refractivity (Wildman–Crippen MR) is 231 cm³/mol. The number of hydrogen-bond acceptors (Lipinski definition) is 10. The Balaban J connectivity index is 1.26. The van der Waals surface area contributed by atoms with Gasteiger partial charge in [-0.3, -0.25) is 9.00 Å². The molecule has 0 aliphatic heterocycles. The van der Waals surface area contributed by atoms with E-state index in [0.717, 1.165) is 11.8 Å². The Labute approximate surface area is 354 Å². The first-order valence-electron chi connectivity index (χ1n) is 19.0. The molecule has 7 aromatic rings. The van der Waals surface area contributed by atoms with Gasteiger partial charge in [0.2, 0.25) is 20.9 Å². The minimum Gasteiger partial charge on any atom is -0.383 e. The number of ether oxygens (including phenoxy) is 1. The second-order valence-electron chi connectivity index (χ2n) is 14.2. The summed E-state index contributed by atoms with van der Waals surface area (Å²) in [6.45, 7) is 2.08. The number of carbonyl (C=O) groups is 1. The van der Waals surface area contributed by atoms with E-state index in [2.05, 4.69) is 15.3 Å². The lowest BCUT2D eigenvalue weighted by molar-refractivity contribution is -0.115. The van der Waals surface area contributed by atoms with Crippen LogP contribution in [0, 0.1) is 11.6 Å². The molecule has 4 heterocycles. The van der Waals surface area contributed by atoms with Crippen LogP contribution in [0.15, 0.2) is 126 Å². The number of hydrogen-bond donors (Lipinski definition) is 1. The molecule has 1 amide bonds. The molecule has 314 valence electrons. The molecule has 0 spiro atoms. The van der Waals surface area contributed by atoms with E-state index in [1.807, 2.05) is 48.2 Å². The molecule has 0 aliphatic rings. The van der Waals surface area contributed by atoms with Gasteiger partial charge in [0, 0.05) is 67.9 Å². The summed E-state index contributed by atoms with van der Waals surface area (Å²) in [6.07, 6.45) is 5.72. The monoisotopic (exact) mass is 864 g/mol. The fourth-order valence-electron chi connectivity index (χ4n) is 7.12. The van der Waals surface area contributed by atoms with Crippen molar-refractivity contribution in [1.29, 1.82) is 0 Å². The molecule has 0 radical (unpaired) electrons. The summed E-state index contributed by atoms with van der Waals surface area (Å²) in [6, 6.07) is 27.7. The lowest BCUT2D eigenvalue weighted by Crippen LogP contribution is -2.36. The highest BCUT2D eigenvalue weighted by atomic mass is 32.2. The fraction of sp³-hybridized carbons (Fsp3) is 0.205. The van der Waals surface area contributed by atoms with Crippen molar-refractivity contribution < 1.29 is 30.9 Å². The third kappa shape index (κ3) is 9.33. The highest BCUT2D eigenvalue weighted by Gasteiger charge is 2.28.